The number of nitrogens with one attached hydrogen (secondary N) is 1. The number of amides is 1. The average Bonchev–Trinajstić information content (AvgIpc) is 2.45. The molecule has 3 nitrogen and oxygen atoms in total. The van der Waals surface area contributed by atoms with E-state index in [0.29, 0.717) is 19.4 Å². The molecule has 3 N–H and O–H groups in total. The molecule has 0 atom stereocenters. The van der Waals surface area contributed by atoms with Gasteiger partial charge in [-0.3, -0.25) is 4.79 Å². The Morgan fingerprint density at radius 3 is 2.74 bits per heavy atom. The minimum absolute atomic E-state index is 0.0501. The topological polar surface area (TPSA) is 55.1 Å². The number of thioether (sulfide) groups is 1. The molecule has 0 aromatic heterocycles. The molecule has 1 aromatic rings. The van der Waals surface area contributed by atoms with E-state index in [1.807, 2.05) is 42.7 Å². The molecular weight excluding hydrogens is 256 g/mol. The number of hydrogen-bond acceptors (Lipinski definition) is 3. The molecule has 0 bridgehead atoms. The van der Waals surface area contributed by atoms with Crippen molar-refractivity contribution in [1.82, 2.24) is 5.32 Å². The standard InChI is InChI=1S/C15H20N2OS/c1-3-15(18)17-10-9-14(16)11-19-12(2)13-7-5-4-6-8-13/h4-8,11H,2-3,9-10,16H2,1H3,(H,17,18)/b14-11-. The van der Waals surface area contributed by atoms with Gasteiger partial charge in [0.05, 0.1) is 0 Å². The van der Waals surface area contributed by atoms with Crippen LogP contribution in [-0.2, 0) is 4.79 Å². The van der Waals surface area contributed by atoms with Gasteiger partial charge in [-0.15, -0.1) is 0 Å². The van der Waals surface area contributed by atoms with Crippen LogP contribution in [-0.4, -0.2) is 12.5 Å². The second kappa shape index (κ2) is 8.43. The molecule has 0 spiro atoms. The van der Waals surface area contributed by atoms with Crippen molar-refractivity contribution in [3.05, 3.63) is 53.6 Å². The lowest BCUT2D eigenvalue weighted by Gasteiger charge is -2.05. The van der Waals surface area contributed by atoms with Gasteiger partial charge in [-0.1, -0.05) is 55.6 Å². The number of nitrogens with two attached hydrogens (primary N) is 1. The lowest BCUT2D eigenvalue weighted by atomic mass is 10.2. The molecule has 0 aliphatic heterocycles. The molecule has 1 amide bonds. The zero-order valence-electron chi connectivity index (χ0n) is 11.2. The third-order valence-corrected chi connectivity index (χ3v) is 3.45. The van der Waals surface area contributed by atoms with E-state index < -0.39 is 0 Å². The van der Waals surface area contributed by atoms with Gasteiger partial charge in [-0.05, 0) is 11.0 Å². The summed E-state index contributed by atoms with van der Waals surface area (Å²) in [7, 11) is 0. The maximum Gasteiger partial charge on any atom is 0.219 e. The molecule has 4 heteroatoms. The van der Waals surface area contributed by atoms with E-state index in [2.05, 4.69) is 11.9 Å². The van der Waals surface area contributed by atoms with Crippen LogP contribution in [0.4, 0.5) is 0 Å². The fourth-order valence-electron chi connectivity index (χ4n) is 1.37. The minimum Gasteiger partial charge on any atom is -0.402 e. The highest BCUT2D eigenvalue weighted by atomic mass is 32.2. The first kappa shape index (κ1) is 15.4. The largest absolute Gasteiger partial charge is 0.402 e. The molecular formula is C15H20N2OS. The van der Waals surface area contributed by atoms with Crippen LogP contribution in [0.25, 0.3) is 4.91 Å². The number of rotatable bonds is 7. The Morgan fingerprint density at radius 2 is 2.11 bits per heavy atom. The summed E-state index contributed by atoms with van der Waals surface area (Å²) in [5.74, 6) is 0.0501. The summed E-state index contributed by atoms with van der Waals surface area (Å²) in [5.41, 5.74) is 7.72. The van der Waals surface area contributed by atoms with Crippen molar-refractivity contribution in [3.63, 3.8) is 0 Å². The number of carbonyl (C=O) groups is 1. The van der Waals surface area contributed by atoms with Crippen LogP contribution < -0.4 is 11.1 Å². The smallest absolute Gasteiger partial charge is 0.219 e. The van der Waals surface area contributed by atoms with Crippen LogP contribution in [0.15, 0.2) is 48.0 Å². The number of carbonyl (C=O) groups excluding carboxylic acids is 1. The van der Waals surface area contributed by atoms with Gasteiger partial charge in [0.2, 0.25) is 5.91 Å². The average molecular weight is 276 g/mol. The van der Waals surface area contributed by atoms with Crippen LogP contribution >= 0.6 is 11.8 Å². The maximum atomic E-state index is 11.1. The number of benzene rings is 1. The van der Waals surface area contributed by atoms with Crippen molar-refractivity contribution < 1.29 is 4.79 Å². The molecule has 0 aliphatic rings. The highest BCUT2D eigenvalue weighted by Crippen LogP contribution is 2.26. The fraction of sp³-hybridized carbons (Fsp3) is 0.267. The zero-order chi connectivity index (χ0) is 14.1. The highest BCUT2D eigenvalue weighted by Gasteiger charge is 1.99. The Balaban J connectivity index is 2.35. The molecule has 0 heterocycles. The first-order valence-corrected chi connectivity index (χ1v) is 7.13. The minimum atomic E-state index is 0.0501. The van der Waals surface area contributed by atoms with Crippen LogP contribution in [0, 0.1) is 0 Å². The van der Waals surface area contributed by atoms with Gasteiger partial charge in [0.1, 0.15) is 0 Å². The molecule has 0 fully saturated rings. The molecule has 0 saturated heterocycles. The van der Waals surface area contributed by atoms with E-state index in [-0.39, 0.29) is 5.91 Å². The Labute approximate surface area is 119 Å². The summed E-state index contributed by atoms with van der Waals surface area (Å²) >= 11 is 1.51. The van der Waals surface area contributed by atoms with Gasteiger partial charge in [-0.2, -0.15) is 0 Å². The van der Waals surface area contributed by atoms with Gasteiger partial charge >= 0.3 is 0 Å². The summed E-state index contributed by atoms with van der Waals surface area (Å²) in [6.45, 7) is 6.42. The van der Waals surface area contributed by atoms with Crippen molar-refractivity contribution in [1.29, 1.82) is 0 Å². The normalized spacial score (nSPS) is 11.1. The van der Waals surface area contributed by atoms with Crippen molar-refractivity contribution >= 4 is 22.6 Å². The first-order chi connectivity index (χ1) is 9.13. The van der Waals surface area contributed by atoms with E-state index in [1.165, 1.54) is 11.8 Å². The van der Waals surface area contributed by atoms with Crippen LogP contribution in [0.3, 0.4) is 0 Å². The quantitative estimate of drug-likeness (QED) is 0.804. The van der Waals surface area contributed by atoms with Crippen LogP contribution in [0.2, 0.25) is 0 Å². The van der Waals surface area contributed by atoms with E-state index in [1.54, 1.807) is 0 Å². The van der Waals surface area contributed by atoms with Crippen LogP contribution in [0.5, 0.6) is 0 Å². The van der Waals surface area contributed by atoms with E-state index in [4.69, 9.17) is 5.73 Å². The van der Waals surface area contributed by atoms with Crippen molar-refractivity contribution in [2.24, 2.45) is 5.73 Å². The van der Waals surface area contributed by atoms with E-state index in [0.717, 1.165) is 16.2 Å². The lowest BCUT2D eigenvalue weighted by molar-refractivity contribution is -0.120. The summed E-state index contributed by atoms with van der Waals surface area (Å²) in [6, 6.07) is 9.96. The van der Waals surface area contributed by atoms with Crippen molar-refractivity contribution in [3.8, 4) is 0 Å². The van der Waals surface area contributed by atoms with E-state index in [9.17, 15) is 4.79 Å². The molecule has 102 valence electrons. The molecule has 0 saturated carbocycles. The monoisotopic (exact) mass is 276 g/mol. The van der Waals surface area contributed by atoms with Gasteiger partial charge in [-0.25, -0.2) is 0 Å². The first-order valence-electron chi connectivity index (χ1n) is 6.25. The Morgan fingerprint density at radius 1 is 1.42 bits per heavy atom. The maximum absolute atomic E-state index is 11.1. The molecule has 0 radical (unpaired) electrons. The SMILES string of the molecule is C=C(S/C=C(\N)CCNC(=O)CC)c1ccccc1. The molecule has 0 aliphatic carbocycles. The summed E-state index contributed by atoms with van der Waals surface area (Å²) in [6.07, 6.45) is 1.16. The number of hydrogen-bond donors (Lipinski definition) is 2. The molecule has 1 rings (SSSR count). The van der Waals surface area contributed by atoms with Gasteiger partial charge < -0.3 is 11.1 Å². The second-order valence-corrected chi connectivity index (χ2v) is 5.02. The molecule has 19 heavy (non-hydrogen) atoms. The van der Waals surface area contributed by atoms with Gasteiger partial charge in [0.25, 0.3) is 0 Å². The predicted octanol–water partition coefficient (Wildman–Crippen LogP) is 3.11. The van der Waals surface area contributed by atoms with Crippen molar-refractivity contribution in [2.45, 2.75) is 19.8 Å². The van der Waals surface area contributed by atoms with Crippen molar-refractivity contribution in [2.75, 3.05) is 6.54 Å². The van der Waals surface area contributed by atoms with Gasteiger partial charge in [0.15, 0.2) is 0 Å². The second-order valence-electron chi connectivity index (χ2n) is 4.05. The Hall–Kier alpha value is -1.68. The lowest BCUT2D eigenvalue weighted by Crippen LogP contribution is -2.24. The fourth-order valence-corrected chi connectivity index (χ4v) is 2.05. The summed E-state index contributed by atoms with van der Waals surface area (Å²) < 4.78 is 0. The Bertz CT molecular complexity index is 454. The van der Waals surface area contributed by atoms with E-state index >= 15 is 0 Å². The summed E-state index contributed by atoms with van der Waals surface area (Å²) in [4.78, 5) is 12.0. The Kier molecular flexibility index (Phi) is 6.82. The van der Waals surface area contributed by atoms with Gasteiger partial charge in [0, 0.05) is 30.0 Å². The third-order valence-electron chi connectivity index (χ3n) is 2.51. The third kappa shape index (κ3) is 6.15. The predicted molar refractivity (Wildman–Crippen MR) is 83.3 cm³/mol. The highest BCUT2D eigenvalue weighted by molar-refractivity contribution is 8.10. The molecule has 0 unspecified atom stereocenters. The molecule has 1 aromatic carbocycles. The summed E-state index contributed by atoms with van der Waals surface area (Å²) in [5, 5.41) is 4.67. The van der Waals surface area contributed by atoms with Crippen LogP contribution in [0.1, 0.15) is 25.3 Å². The zero-order valence-corrected chi connectivity index (χ0v) is 12.0.